The van der Waals surface area contributed by atoms with E-state index in [1.807, 2.05) is 38.9 Å². The molecule has 2 unspecified atom stereocenters. The van der Waals surface area contributed by atoms with Gasteiger partial charge in [-0.15, -0.1) is 5.10 Å². The molecule has 4 aliphatic rings. The maximum atomic E-state index is 13.9. The zero-order valence-corrected chi connectivity index (χ0v) is 21.4. The molecule has 4 heterocycles. The zero-order chi connectivity index (χ0) is 26.1. The number of aromatic nitrogens is 6. The van der Waals surface area contributed by atoms with Crippen molar-refractivity contribution in [2.45, 2.75) is 70.1 Å². The summed E-state index contributed by atoms with van der Waals surface area (Å²) in [5.41, 5.74) is 2.49. The molecule has 1 aliphatic heterocycles. The van der Waals surface area contributed by atoms with Gasteiger partial charge in [-0.05, 0) is 57.9 Å². The molecule has 3 aliphatic carbocycles. The van der Waals surface area contributed by atoms with Gasteiger partial charge in [-0.25, -0.2) is 19.9 Å². The van der Waals surface area contributed by atoms with Gasteiger partial charge in [0.25, 0.3) is 0 Å². The first-order valence-electron chi connectivity index (χ1n) is 12.8. The average Bonchev–Trinajstić information content (AvgIpc) is 3.42. The van der Waals surface area contributed by atoms with Crippen LogP contribution >= 0.6 is 0 Å². The fraction of sp³-hybridized carbons (Fsp3) is 0.615. The van der Waals surface area contributed by atoms with Crippen molar-refractivity contribution >= 4 is 17.0 Å². The van der Waals surface area contributed by atoms with Crippen LogP contribution in [0.5, 0.6) is 0 Å². The minimum absolute atomic E-state index is 0.0192. The first-order valence-corrected chi connectivity index (χ1v) is 12.8. The maximum absolute atomic E-state index is 13.9. The van der Waals surface area contributed by atoms with E-state index in [9.17, 15) is 13.2 Å². The van der Waals surface area contributed by atoms with Crippen molar-refractivity contribution in [2.24, 2.45) is 11.3 Å². The highest BCUT2D eigenvalue weighted by Gasteiger charge is 2.69. The number of aryl methyl sites for hydroxylation is 2. The lowest BCUT2D eigenvalue weighted by atomic mass is 9.68. The topological polar surface area (TPSA) is 89.8 Å². The summed E-state index contributed by atoms with van der Waals surface area (Å²) >= 11 is 0. The van der Waals surface area contributed by atoms with Crippen molar-refractivity contribution in [3.05, 3.63) is 40.7 Å². The van der Waals surface area contributed by atoms with Crippen LogP contribution in [0.1, 0.15) is 78.5 Å². The highest BCUT2D eigenvalue weighted by atomic mass is 19.4. The number of ether oxygens (including phenoxy) is 1. The normalized spacial score (nSPS) is 29.4. The van der Waals surface area contributed by atoms with Crippen LogP contribution in [0.4, 0.5) is 19.0 Å². The third kappa shape index (κ3) is 4.02. The van der Waals surface area contributed by atoms with Crippen LogP contribution in [0.15, 0.2) is 12.3 Å². The Balaban J connectivity index is 1.37. The molecule has 0 spiro atoms. The van der Waals surface area contributed by atoms with E-state index < -0.39 is 11.6 Å². The van der Waals surface area contributed by atoms with Gasteiger partial charge in [-0.1, -0.05) is 0 Å². The number of fused-ring (bicyclic) bond motifs is 2. The molecule has 37 heavy (non-hydrogen) atoms. The molecular formula is C26H30F3N7O. The van der Waals surface area contributed by atoms with E-state index in [-0.39, 0.29) is 43.1 Å². The van der Waals surface area contributed by atoms with Crippen LogP contribution in [-0.4, -0.2) is 57.0 Å². The molecule has 7 rings (SSSR count). The Morgan fingerprint density at radius 2 is 1.78 bits per heavy atom. The third-order valence-electron chi connectivity index (χ3n) is 8.57. The molecule has 1 saturated heterocycles. The van der Waals surface area contributed by atoms with Gasteiger partial charge in [0.2, 0.25) is 0 Å². The molecule has 0 aromatic carbocycles. The smallest absolute Gasteiger partial charge is 0.373 e. The van der Waals surface area contributed by atoms with Crippen molar-refractivity contribution < 1.29 is 17.9 Å². The van der Waals surface area contributed by atoms with Crippen molar-refractivity contribution in [3.8, 4) is 0 Å². The molecule has 3 atom stereocenters. The van der Waals surface area contributed by atoms with Crippen LogP contribution < -0.4 is 4.90 Å². The van der Waals surface area contributed by atoms with E-state index in [2.05, 4.69) is 15.2 Å². The van der Waals surface area contributed by atoms with Gasteiger partial charge in [0.05, 0.1) is 34.8 Å². The zero-order valence-electron chi connectivity index (χ0n) is 21.4. The Morgan fingerprint density at radius 3 is 2.49 bits per heavy atom. The van der Waals surface area contributed by atoms with Gasteiger partial charge in [0, 0.05) is 38.1 Å². The standard InChI is InChI=1S/C26H30F3N7O/c1-13-14(2)32-24-22(31-13)21(18-11-25(26(27,28)29)9-17(18)10-25)33-23(34-24)15-5-6-37-19(7-15)16-8-20(36(3)4)35-30-12-16/h8,12,15,17-19H,5-7,9-11H2,1-4H3/t15?,17?,18-,19?,25?/m0/s1. The Hall–Kier alpha value is -2.95. The molecule has 2 bridgehead atoms. The molecule has 3 aromatic heterocycles. The molecule has 11 heteroatoms. The van der Waals surface area contributed by atoms with Crippen LogP contribution in [0.25, 0.3) is 11.2 Å². The van der Waals surface area contributed by atoms with Crippen LogP contribution in [0.2, 0.25) is 0 Å². The van der Waals surface area contributed by atoms with E-state index in [1.54, 1.807) is 6.20 Å². The number of anilines is 1. The number of alkyl halides is 3. The average molecular weight is 514 g/mol. The first kappa shape index (κ1) is 24.4. The van der Waals surface area contributed by atoms with Gasteiger partial charge in [0.1, 0.15) is 11.3 Å². The predicted octanol–water partition coefficient (Wildman–Crippen LogP) is 4.97. The molecule has 0 radical (unpaired) electrons. The summed E-state index contributed by atoms with van der Waals surface area (Å²) in [4.78, 5) is 21.1. The Morgan fingerprint density at radius 1 is 1.03 bits per heavy atom. The summed E-state index contributed by atoms with van der Waals surface area (Å²) in [6, 6.07) is 1.96. The van der Waals surface area contributed by atoms with E-state index in [1.165, 1.54) is 0 Å². The number of hydrogen-bond acceptors (Lipinski definition) is 8. The van der Waals surface area contributed by atoms with E-state index in [4.69, 9.17) is 19.7 Å². The lowest BCUT2D eigenvalue weighted by Crippen LogP contribution is -2.42. The Labute approximate surface area is 213 Å². The van der Waals surface area contributed by atoms with E-state index in [0.717, 1.165) is 29.2 Å². The highest BCUT2D eigenvalue weighted by molar-refractivity contribution is 5.74. The summed E-state index contributed by atoms with van der Waals surface area (Å²) in [5, 5.41) is 8.28. The van der Waals surface area contributed by atoms with E-state index >= 15 is 0 Å². The molecule has 0 amide bonds. The van der Waals surface area contributed by atoms with Crippen LogP contribution in [0.3, 0.4) is 0 Å². The summed E-state index contributed by atoms with van der Waals surface area (Å²) in [6.07, 6.45) is -0.914. The molecule has 3 saturated carbocycles. The number of hydrogen-bond donors (Lipinski definition) is 0. The molecule has 3 aromatic rings. The van der Waals surface area contributed by atoms with Crippen molar-refractivity contribution in [2.75, 3.05) is 25.6 Å². The van der Waals surface area contributed by atoms with Crippen molar-refractivity contribution in [1.82, 2.24) is 30.1 Å². The summed E-state index contributed by atoms with van der Waals surface area (Å²) in [7, 11) is 3.81. The fourth-order valence-electron chi connectivity index (χ4n) is 6.27. The first-order chi connectivity index (χ1) is 17.5. The Bertz CT molecular complexity index is 1360. The minimum Gasteiger partial charge on any atom is -0.373 e. The second-order valence-electron chi connectivity index (χ2n) is 11.1. The fourth-order valence-corrected chi connectivity index (χ4v) is 6.27. The molecule has 4 fully saturated rings. The number of rotatable bonds is 4. The summed E-state index contributed by atoms with van der Waals surface area (Å²) in [5.74, 6) is 1.02. The Kier molecular flexibility index (Phi) is 5.63. The quantitative estimate of drug-likeness (QED) is 0.483. The molecule has 0 N–H and O–H groups in total. The van der Waals surface area contributed by atoms with Crippen molar-refractivity contribution in [3.63, 3.8) is 0 Å². The SMILES string of the molecule is Cc1nc2nc(C3CCOC(c4cnnc(N(C)C)c4)C3)nc([C@H]3CC4(C(F)(F)F)CC3C4)c2nc1C. The summed E-state index contributed by atoms with van der Waals surface area (Å²) < 4.78 is 47.7. The lowest BCUT2D eigenvalue weighted by Gasteiger charge is -2.39. The van der Waals surface area contributed by atoms with E-state index in [0.29, 0.717) is 35.7 Å². The number of halogens is 3. The van der Waals surface area contributed by atoms with Gasteiger partial charge in [0.15, 0.2) is 11.5 Å². The van der Waals surface area contributed by atoms with Gasteiger partial charge >= 0.3 is 6.18 Å². The lowest BCUT2D eigenvalue weighted by molar-refractivity contribution is -0.244. The van der Waals surface area contributed by atoms with Crippen LogP contribution in [-0.2, 0) is 4.74 Å². The van der Waals surface area contributed by atoms with Crippen LogP contribution in [0, 0.1) is 25.2 Å². The maximum Gasteiger partial charge on any atom is 0.394 e. The largest absolute Gasteiger partial charge is 0.394 e. The number of nitrogens with zero attached hydrogens (tertiary/aromatic N) is 7. The summed E-state index contributed by atoms with van der Waals surface area (Å²) in [6.45, 7) is 4.25. The minimum atomic E-state index is -4.19. The van der Waals surface area contributed by atoms with Gasteiger partial charge in [-0.3, -0.25) is 0 Å². The second kappa shape index (κ2) is 8.54. The third-order valence-corrected chi connectivity index (χ3v) is 8.57. The predicted molar refractivity (Wildman–Crippen MR) is 130 cm³/mol. The molecule has 196 valence electrons. The second-order valence-corrected chi connectivity index (χ2v) is 11.1. The van der Waals surface area contributed by atoms with Crippen molar-refractivity contribution in [1.29, 1.82) is 0 Å². The molecule has 8 nitrogen and oxygen atoms in total. The van der Waals surface area contributed by atoms with Gasteiger partial charge < -0.3 is 9.64 Å². The molecular weight excluding hydrogens is 483 g/mol. The highest BCUT2D eigenvalue weighted by Crippen LogP contribution is 2.70. The van der Waals surface area contributed by atoms with Gasteiger partial charge in [-0.2, -0.15) is 18.3 Å². The monoisotopic (exact) mass is 513 g/mol.